The normalized spacial score (nSPS) is 15.2. The van der Waals surface area contributed by atoms with Gasteiger partial charge in [-0.05, 0) is 62.9 Å². The van der Waals surface area contributed by atoms with Gasteiger partial charge in [0.25, 0.3) is 5.91 Å². The van der Waals surface area contributed by atoms with E-state index in [1.807, 2.05) is 6.08 Å². The zero-order valence-electron chi connectivity index (χ0n) is 14.7. The highest BCUT2D eigenvalue weighted by molar-refractivity contribution is 5.97. The lowest BCUT2D eigenvalue weighted by molar-refractivity contribution is -0.148. The van der Waals surface area contributed by atoms with E-state index in [-0.39, 0.29) is 0 Å². The second-order valence-electron chi connectivity index (χ2n) is 6.63. The van der Waals surface area contributed by atoms with Crippen LogP contribution in [-0.2, 0) is 9.53 Å². The Morgan fingerprint density at radius 3 is 2.48 bits per heavy atom. The molecular weight excluding hydrogens is 318 g/mol. The molecule has 1 fully saturated rings. The fourth-order valence-corrected chi connectivity index (χ4v) is 2.16. The topological polar surface area (TPSA) is 75.6 Å². The van der Waals surface area contributed by atoms with E-state index in [0.29, 0.717) is 11.5 Å². The Balaban J connectivity index is 2.02. The van der Waals surface area contributed by atoms with Gasteiger partial charge >= 0.3 is 5.97 Å². The molecule has 0 bridgehead atoms. The molecule has 1 aromatic rings. The van der Waals surface area contributed by atoms with Crippen molar-refractivity contribution in [3.8, 4) is 11.8 Å². The van der Waals surface area contributed by atoms with Crippen LogP contribution in [0.15, 0.2) is 36.4 Å². The summed E-state index contributed by atoms with van der Waals surface area (Å²) in [6.45, 7) is 2.87. The first kappa shape index (κ1) is 18.8. The molecule has 1 aliphatic rings. The Labute approximate surface area is 148 Å². The third kappa shape index (κ3) is 5.77. The fraction of sp³-hybridized carbons (Fsp3) is 0.400. The molecule has 1 saturated carbocycles. The van der Waals surface area contributed by atoms with E-state index in [1.54, 1.807) is 24.3 Å². The smallest absolute Gasteiger partial charge is 0.331 e. The third-order valence-corrected chi connectivity index (χ3v) is 3.86. The van der Waals surface area contributed by atoms with Crippen molar-refractivity contribution >= 4 is 11.9 Å². The number of amides is 1. The summed E-state index contributed by atoms with van der Waals surface area (Å²) in [6, 6.07) is 5.58. The number of benzene rings is 1. The summed E-state index contributed by atoms with van der Waals surface area (Å²) in [4.78, 5) is 24.1. The number of hydrogen-bond acceptors (Lipinski definition) is 4. The molecule has 0 heterocycles. The van der Waals surface area contributed by atoms with Gasteiger partial charge in [-0.1, -0.05) is 17.9 Å². The molecule has 1 aromatic carbocycles. The standard InChI is InChI=1S/C20H23NO4/c1-20(2,24)17(19(23)25-3)21-18(22)16-12-10-15(11-13-16)7-5-4-6-14-8-9-14/h4,6,10-14,17,24H,8-9H2,1-3H3,(H,21,22). The molecule has 1 aliphatic carbocycles. The molecule has 2 rings (SSSR count). The van der Waals surface area contributed by atoms with Gasteiger partial charge < -0.3 is 15.2 Å². The summed E-state index contributed by atoms with van der Waals surface area (Å²) in [5, 5.41) is 12.5. The molecule has 25 heavy (non-hydrogen) atoms. The summed E-state index contributed by atoms with van der Waals surface area (Å²) in [7, 11) is 1.21. The first-order chi connectivity index (χ1) is 11.8. The van der Waals surface area contributed by atoms with Crippen LogP contribution in [0.2, 0.25) is 0 Å². The quantitative estimate of drug-likeness (QED) is 0.635. The molecule has 0 aromatic heterocycles. The number of carbonyl (C=O) groups is 2. The van der Waals surface area contributed by atoms with Crippen LogP contribution in [0.25, 0.3) is 0 Å². The van der Waals surface area contributed by atoms with Crippen molar-refractivity contribution in [2.24, 2.45) is 5.92 Å². The molecule has 5 heteroatoms. The first-order valence-electron chi connectivity index (χ1n) is 8.20. The van der Waals surface area contributed by atoms with Crippen LogP contribution in [0.4, 0.5) is 0 Å². The van der Waals surface area contributed by atoms with Gasteiger partial charge in [-0.3, -0.25) is 4.79 Å². The van der Waals surface area contributed by atoms with Crippen LogP contribution in [0.1, 0.15) is 42.6 Å². The van der Waals surface area contributed by atoms with Crippen molar-refractivity contribution in [2.75, 3.05) is 7.11 Å². The van der Waals surface area contributed by atoms with Crippen LogP contribution < -0.4 is 5.32 Å². The Bertz CT molecular complexity index is 713. The van der Waals surface area contributed by atoms with Crippen LogP contribution >= 0.6 is 0 Å². The predicted molar refractivity (Wildman–Crippen MR) is 94.8 cm³/mol. The monoisotopic (exact) mass is 341 g/mol. The van der Waals surface area contributed by atoms with Gasteiger partial charge in [-0.15, -0.1) is 0 Å². The summed E-state index contributed by atoms with van der Waals surface area (Å²) < 4.78 is 4.63. The van der Waals surface area contributed by atoms with Gasteiger partial charge in [0.1, 0.15) is 0 Å². The largest absolute Gasteiger partial charge is 0.467 e. The molecule has 132 valence electrons. The zero-order valence-corrected chi connectivity index (χ0v) is 14.7. The number of allylic oxidation sites excluding steroid dienone is 2. The van der Waals surface area contributed by atoms with E-state index < -0.39 is 23.5 Å². The first-order valence-corrected chi connectivity index (χ1v) is 8.20. The van der Waals surface area contributed by atoms with Crippen molar-refractivity contribution in [1.82, 2.24) is 5.32 Å². The molecule has 0 aliphatic heterocycles. The second kappa shape index (κ2) is 8.00. The molecule has 0 radical (unpaired) electrons. The highest BCUT2D eigenvalue weighted by Gasteiger charge is 2.35. The predicted octanol–water partition coefficient (Wildman–Crippen LogP) is 2.05. The lowest BCUT2D eigenvalue weighted by atomic mass is 9.98. The van der Waals surface area contributed by atoms with Gasteiger partial charge in [0, 0.05) is 11.1 Å². The van der Waals surface area contributed by atoms with Crippen molar-refractivity contribution in [3.63, 3.8) is 0 Å². The number of esters is 1. The molecule has 0 saturated heterocycles. The molecule has 5 nitrogen and oxygen atoms in total. The Morgan fingerprint density at radius 2 is 1.96 bits per heavy atom. The van der Waals surface area contributed by atoms with E-state index in [2.05, 4.69) is 28.0 Å². The second-order valence-corrected chi connectivity index (χ2v) is 6.63. The van der Waals surface area contributed by atoms with E-state index in [0.717, 1.165) is 5.56 Å². The summed E-state index contributed by atoms with van der Waals surface area (Å²) in [5.41, 5.74) is -0.275. The lowest BCUT2D eigenvalue weighted by Gasteiger charge is -2.27. The van der Waals surface area contributed by atoms with Gasteiger partial charge in [-0.25, -0.2) is 4.79 Å². The van der Waals surface area contributed by atoms with E-state index >= 15 is 0 Å². The number of carbonyl (C=O) groups excluding carboxylic acids is 2. The SMILES string of the molecule is COC(=O)C(NC(=O)c1ccc(C#CC=CC2CC2)cc1)C(C)(C)O. The number of aliphatic hydroxyl groups is 1. The maximum atomic E-state index is 12.3. The average molecular weight is 341 g/mol. The minimum atomic E-state index is -1.44. The minimum Gasteiger partial charge on any atom is -0.467 e. The van der Waals surface area contributed by atoms with E-state index in [4.69, 9.17) is 0 Å². The Morgan fingerprint density at radius 1 is 1.32 bits per heavy atom. The molecule has 0 spiro atoms. The van der Waals surface area contributed by atoms with Gasteiger partial charge in [0.15, 0.2) is 6.04 Å². The molecule has 1 atom stereocenters. The fourth-order valence-electron chi connectivity index (χ4n) is 2.16. The summed E-state index contributed by atoms with van der Waals surface area (Å²) >= 11 is 0. The lowest BCUT2D eigenvalue weighted by Crippen LogP contribution is -2.54. The molecule has 2 N–H and O–H groups in total. The number of methoxy groups -OCH3 is 1. The zero-order chi connectivity index (χ0) is 18.4. The van der Waals surface area contributed by atoms with Crippen molar-refractivity contribution in [2.45, 2.75) is 38.3 Å². The Kier molecular flexibility index (Phi) is 6.00. The van der Waals surface area contributed by atoms with Crippen LogP contribution in [0.3, 0.4) is 0 Å². The average Bonchev–Trinajstić information content (AvgIpc) is 3.39. The minimum absolute atomic E-state index is 0.372. The van der Waals surface area contributed by atoms with Crippen molar-refractivity contribution in [3.05, 3.63) is 47.5 Å². The van der Waals surface area contributed by atoms with Crippen molar-refractivity contribution < 1.29 is 19.4 Å². The maximum Gasteiger partial charge on any atom is 0.331 e. The van der Waals surface area contributed by atoms with Gasteiger partial charge in [0.2, 0.25) is 0 Å². The van der Waals surface area contributed by atoms with Crippen molar-refractivity contribution in [1.29, 1.82) is 0 Å². The molecule has 1 unspecified atom stereocenters. The summed E-state index contributed by atoms with van der Waals surface area (Å²) in [5.74, 6) is 5.50. The summed E-state index contributed by atoms with van der Waals surface area (Å²) in [6.07, 6.45) is 6.47. The number of hydrogen-bond donors (Lipinski definition) is 2. The Hall–Kier alpha value is -2.58. The van der Waals surface area contributed by atoms with Crippen LogP contribution in [0.5, 0.6) is 0 Å². The number of rotatable bonds is 5. The maximum absolute atomic E-state index is 12.3. The number of ether oxygens (including phenoxy) is 1. The molecule has 1 amide bonds. The third-order valence-electron chi connectivity index (χ3n) is 3.86. The number of nitrogens with one attached hydrogen (secondary N) is 1. The van der Waals surface area contributed by atoms with E-state index in [9.17, 15) is 14.7 Å². The van der Waals surface area contributed by atoms with Crippen LogP contribution in [0, 0.1) is 17.8 Å². The van der Waals surface area contributed by atoms with Crippen LogP contribution in [-0.4, -0.2) is 35.7 Å². The van der Waals surface area contributed by atoms with E-state index in [1.165, 1.54) is 33.8 Å². The molecular formula is C20H23NO4. The van der Waals surface area contributed by atoms with Gasteiger partial charge in [-0.2, -0.15) is 0 Å². The highest BCUT2D eigenvalue weighted by atomic mass is 16.5. The van der Waals surface area contributed by atoms with Gasteiger partial charge in [0.05, 0.1) is 12.7 Å². The highest BCUT2D eigenvalue weighted by Crippen LogP contribution is 2.29.